The summed E-state index contributed by atoms with van der Waals surface area (Å²) in [5.41, 5.74) is 10.5. The van der Waals surface area contributed by atoms with E-state index in [1.54, 1.807) is 6.92 Å². The van der Waals surface area contributed by atoms with Crippen LogP contribution >= 0.6 is 0 Å². The zero-order valence-corrected chi connectivity index (χ0v) is 12.3. The molecule has 0 saturated carbocycles. The fraction of sp³-hybridized carbons (Fsp3) is 0.929. The molecule has 2 aliphatic heterocycles. The quantitative estimate of drug-likeness (QED) is 0.760. The van der Waals surface area contributed by atoms with Gasteiger partial charge in [0.1, 0.15) is 0 Å². The van der Waals surface area contributed by atoms with Gasteiger partial charge in [0.15, 0.2) is 0 Å². The maximum Gasteiger partial charge on any atom is 0.237 e. The second-order valence-corrected chi connectivity index (χ2v) is 6.52. The van der Waals surface area contributed by atoms with Gasteiger partial charge in [-0.2, -0.15) is 0 Å². The van der Waals surface area contributed by atoms with Crippen LogP contribution in [0.4, 0.5) is 0 Å². The van der Waals surface area contributed by atoms with Crippen LogP contribution in [-0.2, 0) is 4.79 Å². The molecule has 19 heavy (non-hydrogen) atoms. The zero-order chi connectivity index (χ0) is 14.0. The van der Waals surface area contributed by atoms with E-state index in [1.807, 2.05) is 0 Å². The summed E-state index contributed by atoms with van der Waals surface area (Å²) in [5, 5.41) is 0. The Kier molecular flexibility index (Phi) is 4.48. The van der Waals surface area contributed by atoms with Gasteiger partial charge in [-0.3, -0.25) is 14.6 Å². The zero-order valence-electron chi connectivity index (χ0n) is 12.3. The van der Waals surface area contributed by atoms with Crippen molar-refractivity contribution in [2.45, 2.75) is 57.2 Å². The molecule has 4 N–H and O–H groups in total. The molecule has 2 heterocycles. The Morgan fingerprint density at radius 1 is 1.37 bits per heavy atom. The standard InChI is InChI=1S/C14H28N4O/c1-11(9-14(2,16)13(15)19)18-8-4-7-17-6-3-5-12(17)10-18/h11-12H,3-10,16H2,1-2H3,(H2,15,19). The summed E-state index contributed by atoms with van der Waals surface area (Å²) in [6, 6.07) is 1.01. The molecule has 0 aromatic heterocycles. The van der Waals surface area contributed by atoms with Crippen molar-refractivity contribution in [1.82, 2.24) is 9.80 Å². The van der Waals surface area contributed by atoms with Crippen LogP contribution in [0, 0.1) is 0 Å². The van der Waals surface area contributed by atoms with Crippen LogP contribution < -0.4 is 11.5 Å². The third-order valence-corrected chi connectivity index (χ3v) is 4.74. The maximum absolute atomic E-state index is 11.4. The summed E-state index contributed by atoms with van der Waals surface area (Å²) in [6.45, 7) is 8.58. The van der Waals surface area contributed by atoms with Gasteiger partial charge in [-0.1, -0.05) is 0 Å². The van der Waals surface area contributed by atoms with E-state index >= 15 is 0 Å². The lowest BCUT2D eigenvalue weighted by molar-refractivity contribution is -0.123. The van der Waals surface area contributed by atoms with Gasteiger partial charge >= 0.3 is 0 Å². The Morgan fingerprint density at radius 3 is 2.74 bits per heavy atom. The lowest BCUT2D eigenvalue weighted by Crippen LogP contribution is -2.54. The van der Waals surface area contributed by atoms with Crippen molar-refractivity contribution in [3.05, 3.63) is 0 Å². The third kappa shape index (κ3) is 3.46. The Bertz CT molecular complexity index is 331. The smallest absolute Gasteiger partial charge is 0.237 e. The summed E-state index contributed by atoms with van der Waals surface area (Å²) in [6.07, 6.45) is 4.47. The van der Waals surface area contributed by atoms with Crippen LogP contribution in [0.25, 0.3) is 0 Å². The van der Waals surface area contributed by atoms with Crippen molar-refractivity contribution >= 4 is 5.91 Å². The van der Waals surface area contributed by atoms with Crippen LogP contribution in [-0.4, -0.2) is 59.5 Å². The Hall–Kier alpha value is -0.650. The van der Waals surface area contributed by atoms with Gasteiger partial charge in [0.2, 0.25) is 5.91 Å². The summed E-state index contributed by atoms with van der Waals surface area (Å²) in [4.78, 5) is 16.5. The van der Waals surface area contributed by atoms with Gasteiger partial charge in [0.25, 0.3) is 0 Å². The Morgan fingerprint density at radius 2 is 2.05 bits per heavy atom. The molecular formula is C14H28N4O. The normalized spacial score (nSPS) is 30.4. The predicted octanol–water partition coefficient (Wildman–Crippen LogP) is 0.138. The number of nitrogens with two attached hydrogens (primary N) is 2. The fourth-order valence-electron chi connectivity index (χ4n) is 3.48. The lowest BCUT2D eigenvalue weighted by Gasteiger charge is -2.34. The first-order valence-electron chi connectivity index (χ1n) is 7.47. The number of carbonyl (C=O) groups is 1. The van der Waals surface area contributed by atoms with Gasteiger partial charge in [0, 0.05) is 18.6 Å². The highest BCUT2D eigenvalue weighted by molar-refractivity contribution is 5.83. The number of hydrogen-bond acceptors (Lipinski definition) is 4. The average molecular weight is 268 g/mol. The molecule has 0 radical (unpaired) electrons. The van der Waals surface area contributed by atoms with Gasteiger partial charge in [0.05, 0.1) is 5.54 Å². The third-order valence-electron chi connectivity index (χ3n) is 4.74. The van der Waals surface area contributed by atoms with Crippen molar-refractivity contribution in [3.63, 3.8) is 0 Å². The first kappa shape index (κ1) is 14.8. The molecule has 2 saturated heterocycles. The number of carbonyl (C=O) groups excluding carboxylic acids is 1. The van der Waals surface area contributed by atoms with Crippen molar-refractivity contribution < 1.29 is 4.79 Å². The molecule has 0 bridgehead atoms. The molecule has 3 unspecified atom stereocenters. The highest BCUT2D eigenvalue weighted by Gasteiger charge is 2.34. The summed E-state index contributed by atoms with van der Waals surface area (Å²) in [5.74, 6) is -0.406. The number of primary amides is 1. The molecule has 0 spiro atoms. The van der Waals surface area contributed by atoms with Crippen LogP contribution in [0.2, 0.25) is 0 Å². The van der Waals surface area contributed by atoms with E-state index in [1.165, 1.54) is 32.4 Å². The van der Waals surface area contributed by atoms with E-state index in [9.17, 15) is 4.79 Å². The largest absolute Gasteiger partial charge is 0.368 e. The van der Waals surface area contributed by atoms with E-state index in [0.29, 0.717) is 18.5 Å². The first-order chi connectivity index (χ1) is 8.90. The van der Waals surface area contributed by atoms with E-state index in [0.717, 1.165) is 13.1 Å². The molecule has 2 aliphatic rings. The average Bonchev–Trinajstić information content (AvgIpc) is 2.65. The molecule has 5 heteroatoms. The maximum atomic E-state index is 11.4. The molecule has 3 atom stereocenters. The second kappa shape index (κ2) is 5.77. The molecule has 110 valence electrons. The Labute approximate surface area is 116 Å². The van der Waals surface area contributed by atoms with Crippen molar-refractivity contribution in [1.29, 1.82) is 0 Å². The molecule has 5 nitrogen and oxygen atoms in total. The SMILES string of the molecule is CC(CC(C)(N)C(N)=O)N1CCCN2CCCC2C1. The van der Waals surface area contributed by atoms with E-state index in [2.05, 4.69) is 16.7 Å². The number of hydrogen-bond donors (Lipinski definition) is 2. The summed E-state index contributed by atoms with van der Waals surface area (Å²) in [7, 11) is 0. The van der Waals surface area contributed by atoms with Crippen LogP contribution in [0.1, 0.15) is 39.5 Å². The minimum absolute atomic E-state index is 0.308. The molecule has 0 aromatic rings. The van der Waals surface area contributed by atoms with E-state index in [-0.39, 0.29) is 0 Å². The van der Waals surface area contributed by atoms with Crippen molar-refractivity contribution in [2.24, 2.45) is 11.5 Å². The topological polar surface area (TPSA) is 75.6 Å². The highest BCUT2D eigenvalue weighted by atomic mass is 16.1. The molecule has 2 rings (SSSR count). The summed E-state index contributed by atoms with van der Waals surface area (Å²) < 4.78 is 0. The number of rotatable bonds is 4. The number of fused-ring (bicyclic) bond motifs is 1. The number of nitrogens with zero attached hydrogens (tertiary/aromatic N) is 2. The van der Waals surface area contributed by atoms with Crippen LogP contribution in [0.5, 0.6) is 0 Å². The minimum Gasteiger partial charge on any atom is -0.368 e. The minimum atomic E-state index is -0.902. The molecule has 1 amide bonds. The van der Waals surface area contributed by atoms with Crippen LogP contribution in [0.15, 0.2) is 0 Å². The lowest BCUT2D eigenvalue weighted by atomic mass is 9.93. The molecule has 0 aliphatic carbocycles. The van der Waals surface area contributed by atoms with Crippen molar-refractivity contribution in [3.8, 4) is 0 Å². The summed E-state index contributed by atoms with van der Waals surface area (Å²) >= 11 is 0. The molecular weight excluding hydrogens is 240 g/mol. The second-order valence-electron chi connectivity index (χ2n) is 6.52. The molecule has 2 fully saturated rings. The number of amides is 1. The fourth-order valence-corrected chi connectivity index (χ4v) is 3.48. The van der Waals surface area contributed by atoms with Gasteiger partial charge < -0.3 is 11.5 Å². The molecule has 0 aromatic carbocycles. The Balaban J connectivity index is 1.94. The van der Waals surface area contributed by atoms with E-state index in [4.69, 9.17) is 11.5 Å². The van der Waals surface area contributed by atoms with E-state index < -0.39 is 11.4 Å². The van der Waals surface area contributed by atoms with Gasteiger partial charge in [-0.05, 0) is 59.2 Å². The van der Waals surface area contributed by atoms with Crippen LogP contribution in [0.3, 0.4) is 0 Å². The highest BCUT2D eigenvalue weighted by Crippen LogP contribution is 2.24. The van der Waals surface area contributed by atoms with Gasteiger partial charge in [-0.15, -0.1) is 0 Å². The first-order valence-corrected chi connectivity index (χ1v) is 7.47. The van der Waals surface area contributed by atoms with Crippen molar-refractivity contribution in [2.75, 3.05) is 26.2 Å². The monoisotopic (exact) mass is 268 g/mol. The van der Waals surface area contributed by atoms with Gasteiger partial charge in [-0.25, -0.2) is 0 Å². The predicted molar refractivity (Wildman–Crippen MR) is 76.7 cm³/mol.